The van der Waals surface area contributed by atoms with Gasteiger partial charge in [-0.05, 0) is 30.2 Å². The lowest BCUT2D eigenvalue weighted by molar-refractivity contribution is 0.129. The second-order valence-corrected chi connectivity index (χ2v) is 4.89. The summed E-state index contributed by atoms with van der Waals surface area (Å²) in [6, 6.07) is 14.8. The topological polar surface area (TPSA) is 49.7 Å². The summed E-state index contributed by atoms with van der Waals surface area (Å²) in [5.41, 5.74) is 2.09. The van der Waals surface area contributed by atoms with Crippen LogP contribution < -0.4 is 4.74 Å². The fourth-order valence-electron chi connectivity index (χ4n) is 2.52. The number of hydrogen-bond donors (Lipinski definition) is 2. The third-order valence-electron chi connectivity index (χ3n) is 3.58. The summed E-state index contributed by atoms with van der Waals surface area (Å²) in [4.78, 5) is 0. The average Bonchev–Trinajstić information content (AvgIpc) is 2.85. The zero-order valence-corrected chi connectivity index (χ0v) is 10.5. The Kier molecular flexibility index (Phi) is 3.13. The zero-order valence-electron chi connectivity index (χ0n) is 10.5. The molecule has 2 aromatic carbocycles. The average molecular weight is 256 g/mol. The highest BCUT2D eigenvalue weighted by Gasteiger charge is 2.29. The molecule has 0 aromatic heterocycles. The zero-order chi connectivity index (χ0) is 13.2. The Balaban J connectivity index is 1.75. The Hall–Kier alpha value is -2.00. The maximum absolute atomic E-state index is 10.4. The molecule has 1 heterocycles. The van der Waals surface area contributed by atoms with Gasteiger partial charge in [-0.25, -0.2) is 0 Å². The lowest BCUT2D eigenvalue weighted by atomic mass is 9.91. The molecule has 0 saturated heterocycles. The van der Waals surface area contributed by atoms with Gasteiger partial charge in [0, 0.05) is 11.5 Å². The van der Waals surface area contributed by atoms with Crippen molar-refractivity contribution in [1.29, 1.82) is 0 Å². The molecule has 0 saturated carbocycles. The Morgan fingerprint density at radius 1 is 1.11 bits per heavy atom. The monoisotopic (exact) mass is 256 g/mol. The van der Waals surface area contributed by atoms with Crippen LogP contribution in [0.5, 0.6) is 11.5 Å². The molecule has 1 aliphatic rings. The van der Waals surface area contributed by atoms with E-state index < -0.39 is 6.10 Å². The maximum atomic E-state index is 10.4. The van der Waals surface area contributed by atoms with E-state index in [1.807, 2.05) is 36.4 Å². The van der Waals surface area contributed by atoms with Crippen LogP contribution in [-0.4, -0.2) is 22.9 Å². The van der Waals surface area contributed by atoms with Crippen LogP contribution in [0.3, 0.4) is 0 Å². The molecule has 2 N–H and O–H groups in total. The van der Waals surface area contributed by atoms with Gasteiger partial charge in [0.05, 0.1) is 12.7 Å². The van der Waals surface area contributed by atoms with Gasteiger partial charge in [-0.1, -0.05) is 30.3 Å². The highest BCUT2D eigenvalue weighted by molar-refractivity contribution is 5.40. The smallest absolute Gasteiger partial charge is 0.123 e. The SMILES string of the molecule is Oc1ccc(CC(O)C2COc3ccccc32)cc1. The highest BCUT2D eigenvalue weighted by atomic mass is 16.5. The maximum Gasteiger partial charge on any atom is 0.123 e. The highest BCUT2D eigenvalue weighted by Crippen LogP contribution is 2.36. The van der Waals surface area contributed by atoms with Crippen molar-refractivity contribution >= 4 is 0 Å². The number of ether oxygens (including phenoxy) is 1. The van der Waals surface area contributed by atoms with Crippen LogP contribution in [-0.2, 0) is 6.42 Å². The van der Waals surface area contributed by atoms with Gasteiger partial charge >= 0.3 is 0 Å². The predicted molar refractivity (Wildman–Crippen MR) is 72.5 cm³/mol. The van der Waals surface area contributed by atoms with E-state index in [0.717, 1.165) is 16.9 Å². The second kappa shape index (κ2) is 4.94. The largest absolute Gasteiger partial charge is 0.508 e. The van der Waals surface area contributed by atoms with E-state index in [4.69, 9.17) is 4.74 Å². The van der Waals surface area contributed by atoms with E-state index in [1.54, 1.807) is 12.1 Å². The Morgan fingerprint density at radius 2 is 1.84 bits per heavy atom. The fraction of sp³-hybridized carbons (Fsp3) is 0.250. The molecule has 2 unspecified atom stereocenters. The minimum absolute atomic E-state index is 0.0185. The predicted octanol–water partition coefficient (Wildman–Crippen LogP) is 2.47. The van der Waals surface area contributed by atoms with Crippen LogP contribution in [0.15, 0.2) is 48.5 Å². The van der Waals surface area contributed by atoms with E-state index in [0.29, 0.717) is 13.0 Å². The van der Waals surface area contributed by atoms with Crippen molar-refractivity contribution in [3.63, 3.8) is 0 Å². The van der Waals surface area contributed by atoms with Gasteiger partial charge < -0.3 is 14.9 Å². The van der Waals surface area contributed by atoms with Crippen LogP contribution in [0.2, 0.25) is 0 Å². The van der Waals surface area contributed by atoms with Gasteiger partial charge in [0.1, 0.15) is 11.5 Å². The summed E-state index contributed by atoms with van der Waals surface area (Å²) in [5.74, 6) is 1.13. The number of fused-ring (bicyclic) bond motifs is 1. The first-order chi connectivity index (χ1) is 9.24. The third-order valence-corrected chi connectivity index (χ3v) is 3.58. The molecule has 0 fully saturated rings. The van der Waals surface area contributed by atoms with Crippen molar-refractivity contribution in [2.24, 2.45) is 0 Å². The Bertz CT molecular complexity index is 562. The Labute approximate surface area is 112 Å². The van der Waals surface area contributed by atoms with Crippen molar-refractivity contribution in [3.8, 4) is 11.5 Å². The van der Waals surface area contributed by atoms with E-state index in [1.165, 1.54) is 0 Å². The molecular formula is C16H16O3. The van der Waals surface area contributed by atoms with Crippen LogP contribution in [0, 0.1) is 0 Å². The van der Waals surface area contributed by atoms with Gasteiger partial charge in [-0.15, -0.1) is 0 Å². The molecule has 3 heteroatoms. The van der Waals surface area contributed by atoms with Gasteiger partial charge in [-0.3, -0.25) is 0 Å². The van der Waals surface area contributed by atoms with Gasteiger partial charge in [0.25, 0.3) is 0 Å². The molecule has 98 valence electrons. The molecule has 2 aromatic rings. The van der Waals surface area contributed by atoms with Crippen LogP contribution in [0.4, 0.5) is 0 Å². The normalized spacial score (nSPS) is 18.7. The molecule has 1 aliphatic heterocycles. The van der Waals surface area contributed by atoms with Crippen molar-refractivity contribution in [2.45, 2.75) is 18.4 Å². The quantitative estimate of drug-likeness (QED) is 0.887. The number of hydrogen-bond acceptors (Lipinski definition) is 3. The van der Waals surface area contributed by atoms with Gasteiger partial charge in [-0.2, -0.15) is 0 Å². The summed E-state index contributed by atoms with van der Waals surface area (Å²) >= 11 is 0. The van der Waals surface area contributed by atoms with Crippen LogP contribution in [0.25, 0.3) is 0 Å². The van der Waals surface area contributed by atoms with Crippen LogP contribution >= 0.6 is 0 Å². The van der Waals surface area contributed by atoms with Gasteiger partial charge in [0.2, 0.25) is 0 Å². The molecule has 2 atom stereocenters. The number of rotatable bonds is 3. The number of para-hydroxylation sites is 1. The molecule has 19 heavy (non-hydrogen) atoms. The first-order valence-corrected chi connectivity index (χ1v) is 6.42. The Morgan fingerprint density at radius 3 is 2.63 bits per heavy atom. The number of phenolic OH excluding ortho intramolecular Hbond substituents is 1. The fourth-order valence-corrected chi connectivity index (χ4v) is 2.52. The molecular weight excluding hydrogens is 240 g/mol. The molecule has 0 aliphatic carbocycles. The minimum atomic E-state index is -0.479. The van der Waals surface area contributed by atoms with Crippen molar-refractivity contribution < 1.29 is 14.9 Å². The summed E-state index contributed by atoms with van der Waals surface area (Å²) in [6.07, 6.45) is 0.0797. The number of aromatic hydroxyl groups is 1. The summed E-state index contributed by atoms with van der Waals surface area (Å²) in [7, 11) is 0. The molecule has 0 amide bonds. The van der Waals surface area contributed by atoms with E-state index >= 15 is 0 Å². The standard InChI is InChI=1S/C16H16O3/c17-12-7-5-11(6-8-12)9-15(18)14-10-19-16-4-2-1-3-13(14)16/h1-8,14-15,17-18H,9-10H2. The van der Waals surface area contributed by atoms with Crippen molar-refractivity contribution in [1.82, 2.24) is 0 Å². The number of aliphatic hydroxyl groups excluding tert-OH is 1. The number of aliphatic hydroxyl groups is 1. The summed E-state index contributed by atoms with van der Waals surface area (Å²) < 4.78 is 5.59. The van der Waals surface area contributed by atoms with E-state index in [2.05, 4.69) is 0 Å². The summed E-state index contributed by atoms with van der Waals surface area (Å²) in [6.45, 7) is 0.526. The lowest BCUT2D eigenvalue weighted by Gasteiger charge is -2.17. The second-order valence-electron chi connectivity index (χ2n) is 4.89. The van der Waals surface area contributed by atoms with E-state index in [9.17, 15) is 10.2 Å². The lowest BCUT2D eigenvalue weighted by Crippen LogP contribution is -2.22. The molecule has 0 radical (unpaired) electrons. The van der Waals surface area contributed by atoms with E-state index in [-0.39, 0.29) is 11.7 Å². The number of phenols is 1. The number of benzene rings is 2. The first-order valence-electron chi connectivity index (χ1n) is 6.42. The summed E-state index contributed by atoms with van der Waals surface area (Å²) in [5, 5.41) is 19.6. The molecule has 3 nitrogen and oxygen atoms in total. The molecule has 3 rings (SSSR count). The van der Waals surface area contributed by atoms with Gasteiger partial charge in [0.15, 0.2) is 0 Å². The molecule has 0 spiro atoms. The van der Waals surface area contributed by atoms with Crippen molar-refractivity contribution in [3.05, 3.63) is 59.7 Å². The molecule has 0 bridgehead atoms. The van der Waals surface area contributed by atoms with Crippen molar-refractivity contribution in [2.75, 3.05) is 6.61 Å². The first kappa shape index (κ1) is 12.1. The minimum Gasteiger partial charge on any atom is -0.508 e. The third kappa shape index (κ3) is 2.42. The van der Waals surface area contributed by atoms with Crippen LogP contribution in [0.1, 0.15) is 17.0 Å².